The zero-order chi connectivity index (χ0) is 18.3. The van der Waals surface area contributed by atoms with Crippen molar-refractivity contribution in [1.82, 2.24) is 9.38 Å². The van der Waals surface area contributed by atoms with Crippen molar-refractivity contribution in [2.75, 3.05) is 6.61 Å². The Morgan fingerprint density at radius 3 is 3.00 bits per heavy atom. The molecule has 0 bridgehead atoms. The number of hydrogen-bond donors (Lipinski definition) is 2. The van der Waals surface area contributed by atoms with Gasteiger partial charge in [0.25, 0.3) is 0 Å². The number of carboxylic acid groups (broad SMARTS) is 1. The van der Waals surface area contributed by atoms with E-state index in [4.69, 9.17) is 4.74 Å². The summed E-state index contributed by atoms with van der Waals surface area (Å²) in [6.45, 7) is 2.34. The fourth-order valence-corrected chi connectivity index (χ4v) is 6.70. The number of carboxylic acids is 1. The molecule has 0 fully saturated rings. The topological polar surface area (TPSA) is 84.1 Å². The Bertz CT molecular complexity index is 999. The Hall–Kier alpha value is -2.30. The maximum atomic E-state index is 11.6. The SMILES string of the molecule is Cc1nc2c([AsH]C3CCOc4ccccc43)cc(C(=O)O)cn2c1CO. The number of hydrogen-bond acceptors (Lipinski definition) is 4. The van der Waals surface area contributed by atoms with E-state index in [0.717, 1.165) is 27.9 Å². The van der Waals surface area contributed by atoms with Crippen molar-refractivity contribution in [2.24, 2.45) is 0 Å². The van der Waals surface area contributed by atoms with E-state index in [1.54, 1.807) is 16.7 Å². The summed E-state index contributed by atoms with van der Waals surface area (Å²) < 4.78 is 8.85. The number of nitrogens with zero attached hydrogens (tertiary/aromatic N) is 2. The van der Waals surface area contributed by atoms with Crippen molar-refractivity contribution in [2.45, 2.75) is 24.7 Å². The number of aromatic carboxylic acids is 1. The van der Waals surface area contributed by atoms with Crippen LogP contribution in [0.2, 0.25) is 0 Å². The summed E-state index contributed by atoms with van der Waals surface area (Å²) in [6, 6.07) is 9.82. The van der Waals surface area contributed by atoms with E-state index in [2.05, 4.69) is 11.1 Å². The molecule has 1 aromatic carbocycles. The molecule has 134 valence electrons. The van der Waals surface area contributed by atoms with Crippen LogP contribution in [0.4, 0.5) is 0 Å². The van der Waals surface area contributed by atoms with E-state index in [0.29, 0.717) is 17.0 Å². The number of aryl methyl sites for hydroxylation is 1. The second-order valence-electron chi connectivity index (χ2n) is 6.32. The standard InChI is InChI=1S/C19H19AsN2O4/c1-11-16(10-23)22-9-12(19(24)25)8-15(18(22)21-11)20-14-6-7-26-17-5-3-2-4-13(14)17/h2-5,8-9,14,20,23H,6-7,10H2,1H3,(H,24,25). The summed E-state index contributed by atoms with van der Waals surface area (Å²) in [6.07, 6.45) is 2.48. The fourth-order valence-electron chi connectivity index (χ4n) is 3.40. The first-order chi connectivity index (χ1) is 12.6. The van der Waals surface area contributed by atoms with E-state index in [9.17, 15) is 15.0 Å². The van der Waals surface area contributed by atoms with Gasteiger partial charge in [-0.3, -0.25) is 0 Å². The number of carbonyl (C=O) groups is 1. The molecule has 1 aliphatic heterocycles. The normalized spacial score (nSPS) is 16.8. The molecule has 0 spiro atoms. The average Bonchev–Trinajstić information content (AvgIpc) is 2.97. The van der Waals surface area contributed by atoms with Gasteiger partial charge in [0, 0.05) is 0 Å². The van der Waals surface area contributed by atoms with Gasteiger partial charge >= 0.3 is 157 Å². The first kappa shape index (κ1) is 17.1. The summed E-state index contributed by atoms with van der Waals surface area (Å²) in [5, 5.41) is 19.2. The monoisotopic (exact) mass is 414 g/mol. The van der Waals surface area contributed by atoms with E-state index < -0.39 is 21.7 Å². The molecule has 0 saturated heterocycles. The molecule has 3 heterocycles. The van der Waals surface area contributed by atoms with Crippen LogP contribution in [0.25, 0.3) is 5.65 Å². The van der Waals surface area contributed by atoms with Gasteiger partial charge in [-0.15, -0.1) is 0 Å². The Balaban J connectivity index is 1.83. The van der Waals surface area contributed by atoms with Crippen LogP contribution in [0.3, 0.4) is 0 Å². The summed E-state index contributed by atoms with van der Waals surface area (Å²) in [7, 11) is 0. The minimum atomic E-state index is -0.970. The van der Waals surface area contributed by atoms with Gasteiger partial charge in [-0.2, -0.15) is 0 Å². The van der Waals surface area contributed by atoms with E-state index in [-0.39, 0.29) is 12.2 Å². The zero-order valence-electron chi connectivity index (χ0n) is 14.3. The van der Waals surface area contributed by atoms with Crippen molar-refractivity contribution in [1.29, 1.82) is 0 Å². The molecule has 3 aromatic rings. The van der Waals surface area contributed by atoms with Gasteiger partial charge in [0.15, 0.2) is 0 Å². The Morgan fingerprint density at radius 1 is 1.42 bits per heavy atom. The quantitative estimate of drug-likeness (QED) is 0.631. The first-order valence-electron chi connectivity index (χ1n) is 8.42. The van der Waals surface area contributed by atoms with Crippen LogP contribution in [0.15, 0.2) is 36.5 Å². The molecule has 26 heavy (non-hydrogen) atoms. The van der Waals surface area contributed by atoms with Gasteiger partial charge in [-0.25, -0.2) is 0 Å². The molecular weight excluding hydrogens is 395 g/mol. The van der Waals surface area contributed by atoms with Crippen LogP contribution >= 0.6 is 0 Å². The Labute approximate surface area is 157 Å². The van der Waals surface area contributed by atoms with E-state index in [1.807, 2.05) is 25.1 Å². The Morgan fingerprint density at radius 2 is 2.23 bits per heavy atom. The van der Waals surface area contributed by atoms with Crippen LogP contribution in [-0.2, 0) is 6.61 Å². The van der Waals surface area contributed by atoms with Crippen LogP contribution < -0.4 is 9.09 Å². The first-order valence-corrected chi connectivity index (χ1v) is 10.7. The number of aliphatic hydroxyl groups is 1. The van der Waals surface area contributed by atoms with Crippen molar-refractivity contribution in [3.05, 3.63) is 59.0 Å². The van der Waals surface area contributed by atoms with Crippen molar-refractivity contribution in [3.63, 3.8) is 0 Å². The number of pyridine rings is 1. The number of para-hydroxylation sites is 1. The molecule has 7 heteroatoms. The van der Waals surface area contributed by atoms with Gasteiger partial charge in [0.2, 0.25) is 0 Å². The van der Waals surface area contributed by atoms with Crippen LogP contribution in [-0.4, -0.2) is 47.9 Å². The summed E-state index contributed by atoms with van der Waals surface area (Å²) in [4.78, 5) is 16.2. The molecule has 2 N–H and O–H groups in total. The minimum absolute atomic E-state index is 0.171. The third-order valence-electron chi connectivity index (χ3n) is 4.70. The van der Waals surface area contributed by atoms with Gasteiger partial charge in [0.05, 0.1) is 0 Å². The molecule has 2 unspecified atom stereocenters. The second-order valence-corrected chi connectivity index (χ2v) is 9.51. The zero-order valence-corrected chi connectivity index (χ0v) is 16.4. The molecule has 0 saturated carbocycles. The molecular formula is C19H19AsN2O4. The number of imidazole rings is 1. The molecule has 0 aliphatic carbocycles. The average molecular weight is 414 g/mol. The molecule has 2 atom stereocenters. The molecule has 1 aliphatic rings. The van der Waals surface area contributed by atoms with Gasteiger partial charge in [0.1, 0.15) is 0 Å². The molecule has 0 amide bonds. The van der Waals surface area contributed by atoms with Crippen molar-refractivity contribution >= 4 is 31.7 Å². The third-order valence-corrected chi connectivity index (χ3v) is 8.12. The van der Waals surface area contributed by atoms with E-state index >= 15 is 0 Å². The number of rotatable bonds is 4. The molecule has 4 rings (SSSR count). The number of aromatic nitrogens is 2. The molecule has 6 nitrogen and oxygen atoms in total. The number of ether oxygens (including phenoxy) is 1. The van der Waals surface area contributed by atoms with E-state index in [1.165, 1.54) is 5.56 Å². The van der Waals surface area contributed by atoms with Crippen molar-refractivity contribution < 1.29 is 19.7 Å². The Kier molecular flexibility index (Phi) is 4.47. The van der Waals surface area contributed by atoms with Gasteiger partial charge < -0.3 is 0 Å². The van der Waals surface area contributed by atoms with Crippen LogP contribution in [0.5, 0.6) is 5.75 Å². The predicted molar refractivity (Wildman–Crippen MR) is 98.9 cm³/mol. The van der Waals surface area contributed by atoms with Crippen LogP contribution in [0.1, 0.15) is 38.4 Å². The second kappa shape index (κ2) is 6.78. The van der Waals surface area contributed by atoms with Crippen LogP contribution in [0, 0.1) is 6.92 Å². The number of aliphatic hydroxyl groups excluding tert-OH is 1. The molecule has 2 aromatic heterocycles. The predicted octanol–water partition coefficient (Wildman–Crippen LogP) is 1.42. The summed E-state index contributed by atoms with van der Waals surface area (Å²) in [5.74, 6) is -0.0455. The van der Waals surface area contributed by atoms with Crippen molar-refractivity contribution in [3.8, 4) is 5.75 Å². The summed E-state index contributed by atoms with van der Waals surface area (Å²) >= 11 is -0.706. The summed E-state index contributed by atoms with van der Waals surface area (Å²) in [5.41, 5.74) is 3.56. The van der Waals surface area contributed by atoms with Gasteiger partial charge in [-0.1, -0.05) is 0 Å². The molecule has 0 radical (unpaired) electrons. The fraction of sp³-hybridized carbons (Fsp3) is 0.263. The van der Waals surface area contributed by atoms with Gasteiger partial charge in [-0.05, 0) is 0 Å². The third kappa shape index (κ3) is 2.89. The maximum absolute atomic E-state index is 11.6. The number of benzene rings is 1. The number of fused-ring (bicyclic) bond motifs is 2.